The summed E-state index contributed by atoms with van der Waals surface area (Å²) in [6, 6.07) is 6.74. The molecular formula is C20H34NaO3S. The molecule has 25 heavy (non-hydrogen) atoms. The molecule has 1 N–H and O–H groups in total. The molecule has 5 heteroatoms. The largest absolute Gasteiger partial charge is 0.294 e. The molecule has 1 aromatic rings. The van der Waals surface area contributed by atoms with E-state index in [4.69, 9.17) is 0 Å². The summed E-state index contributed by atoms with van der Waals surface area (Å²) in [6.07, 6.45) is 16.2. The molecular weight excluding hydrogens is 343 g/mol. The van der Waals surface area contributed by atoms with Gasteiger partial charge in [-0.25, -0.2) is 0 Å². The molecule has 0 aliphatic heterocycles. The van der Waals surface area contributed by atoms with Gasteiger partial charge in [0, 0.05) is 29.6 Å². The zero-order valence-corrected chi connectivity index (χ0v) is 19.0. The van der Waals surface area contributed by atoms with Crippen molar-refractivity contribution in [2.45, 2.75) is 95.3 Å². The van der Waals surface area contributed by atoms with E-state index < -0.39 is 10.1 Å². The fourth-order valence-corrected chi connectivity index (χ4v) is 3.87. The van der Waals surface area contributed by atoms with Crippen molar-refractivity contribution < 1.29 is 13.0 Å². The molecule has 0 aliphatic carbocycles. The minimum absolute atomic E-state index is 0. The Bertz CT molecular complexity index is 544. The summed E-state index contributed by atoms with van der Waals surface area (Å²) in [6.45, 7) is 2.25. The van der Waals surface area contributed by atoms with Gasteiger partial charge >= 0.3 is 0 Å². The van der Waals surface area contributed by atoms with Crippen molar-refractivity contribution in [2.75, 3.05) is 0 Å². The minimum atomic E-state index is -4.10. The first-order valence-corrected chi connectivity index (χ1v) is 11.0. The normalized spacial score (nSPS) is 11.3. The van der Waals surface area contributed by atoms with Crippen LogP contribution in [-0.4, -0.2) is 42.5 Å². The number of hydrogen-bond acceptors (Lipinski definition) is 2. The van der Waals surface area contributed by atoms with E-state index in [0.717, 1.165) is 18.4 Å². The smallest absolute Gasteiger partial charge is 0.282 e. The zero-order valence-electron chi connectivity index (χ0n) is 16.2. The molecule has 0 atom stereocenters. The average molecular weight is 378 g/mol. The van der Waals surface area contributed by atoms with Crippen LogP contribution in [0.3, 0.4) is 0 Å². The summed E-state index contributed by atoms with van der Waals surface area (Å²) < 4.78 is 31.9. The van der Waals surface area contributed by atoms with E-state index in [1.807, 2.05) is 6.07 Å². The van der Waals surface area contributed by atoms with E-state index in [2.05, 4.69) is 6.92 Å². The molecule has 1 radical (unpaired) electrons. The van der Waals surface area contributed by atoms with Crippen LogP contribution >= 0.6 is 0 Å². The molecule has 0 unspecified atom stereocenters. The molecule has 0 saturated heterocycles. The average Bonchev–Trinajstić information content (AvgIpc) is 2.55. The first-order chi connectivity index (χ1) is 11.6. The van der Waals surface area contributed by atoms with Crippen LogP contribution in [0.2, 0.25) is 0 Å². The third-order valence-corrected chi connectivity index (χ3v) is 5.50. The number of benzene rings is 1. The van der Waals surface area contributed by atoms with E-state index in [9.17, 15) is 13.0 Å². The molecule has 3 nitrogen and oxygen atoms in total. The van der Waals surface area contributed by atoms with Crippen LogP contribution in [-0.2, 0) is 16.5 Å². The fourth-order valence-electron chi connectivity index (χ4n) is 3.12. The van der Waals surface area contributed by atoms with E-state index in [0.29, 0.717) is 6.42 Å². The van der Waals surface area contributed by atoms with Crippen LogP contribution in [0.15, 0.2) is 29.2 Å². The summed E-state index contributed by atoms with van der Waals surface area (Å²) in [5, 5.41) is 0. The van der Waals surface area contributed by atoms with Crippen molar-refractivity contribution in [3.05, 3.63) is 29.8 Å². The minimum Gasteiger partial charge on any atom is -0.282 e. The number of unbranched alkanes of at least 4 members (excludes halogenated alkanes) is 11. The predicted octanol–water partition coefficient (Wildman–Crippen LogP) is 5.80. The maximum atomic E-state index is 11.3. The van der Waals surface area contributed by atoms with E-state index in [1.165, 1.54) is 70.3 Å². The summed E-state index contributed by atoms with van der Waals surface area (Å²) >= 11 is 0. The molecule has 0 heterocycles. The molecule has 0 amide bonds. The molecule has 0 fully saturated rings. The SMILES string of the molecule is CCCCCCCCCCCCCCc1ccccc1S(=O)(=O)O.[Na]. The Hall–Kier alpha value is 0.130. The predicted molar refractivity (Wildman–Crippen MR) is 107 cm³/mol. The molecule has 1 rings (SSSR count). The van der Waals surface area contributed by atoms with Crippen LogP contribution < -0.4 is 0 Å². The summed E-state index contributed by atoms with van der Waals surface area (Å²) in [4.78, 5) is 0.0630. The van der Waals surface area contributed by atoms with Crippen molar-refractivity contribution in [1.29, 1.82) is 0 Å². The van der Waals surface area contributed by atoms with E-state index in [1.54, 1.807) is 12.1 Å². The molecule has 139 valence electrons. The Morgan fingerprint density at radius 2 is 1.20 bits per heavy atom. The van der Waals surface area contributed by atoms with Crippen LogP contribution in [0, 0.1) is 0 Å². The van der Waals surface area contributed by atoms with Crippen LogP contribution in [0.4, 0.5) is 0 Å². The Kier molecular flexibility index (Phi) is 15.3. The first-order valence-electron chi connectivity index (χ1n) is 9.61. The van der Waals surface area contributed by atoms with Crippen molar-refractivity contribution >= 4 is 39.7 Å². The van der Waals surface area contributed by atoms with Gasteiger partial charge in [-0.3, -0.25) is 4.55 Å². The molecule has 0 saturated carbocycles. The van der Waals surface area contributed by atoms with Gasteiger partial charge in [0.2, 0.25) is 0 Å². The van der Waals surface area contributed by atoms with Crippen molar-refractivity contribution in [2.24, 2.45) is 0 Å². The second-order valence-electron chi connectivity index (χ2n) is 6.72. The monoisotopic (exact) mass is 377 g/mol. The van der Waals surface area contributed by atoms with Gasteiger partial charge in [0.1, 0.15) is 0 Å². The van der Waals surface area contributed by atoms with E-state index in [-0.39, 0.29) is 34.5 Å². The Morgan fingerprint density at radius 1 is 0.760 bits per heavy atom. The molecule has 0 spiro atoms. The van der Waals surface area contributed by atoms with Crippen LogP contribution in [0.1, 0.15) is 89.5 Å². The van der Waals surface area contributed by atoms with Gasteiger partial charge in [-0.15, -0.1) is 0 Å². The number of rotatable bonds is 14. The van der Waals surface area contributed by atoms with E-state index >= 15 is 0 Å². The second kappa shape index (κ2) is 15.2. The molecule has 1 aromatic carbocycles. The maximum Gasteiger partial charge on any atom is 0.294 e. The van der Waals surface area contributed by atoms with Crippen molar-refractivity contribution in [3.63, 3.8) is 0 Å². The van der Waals surface area contributed by atoms with Gasteiger partial charge in [0.15, 0.2) is 0 Å². The second-order valence-corrected chi connectivity index (χ2v) is 8.11. The topological polar surface area (TPSA) is 54.4 Å². The summed E-state index contributed by atoms with van der Waals surface area (Å²) in [5.41, 5.74) is 0.729. The van der Waals surface area contributed by atoms with Crippen molar-refractivity contribution in [1.82, 2.24) is 0 Å². The Balaban J connectivity index is 0.00000576. The third-order valence-electron chi connectivity index (χ3n) is 4.55. The summed E-state index contributed by atoms with van der Waals surface area (Å²) in [5.74, 6) is 0. The van der Waals surface area contributed by atoms with Gasteiger partial charge in [0.05, 0.1) is 4.90 Å². The fraction of sp³-hybridized carbons (Fsp3) is 0.700. The third kappa shape index (κ3) is 12.2. The molecule has 0 bridgehead atoms. The van der Waals surface area contributed by atoms with Crippen molar-refractivity contribution in [3.8, 4) is 0 Å². The quantitative estimate of drug-likeness (QED) is 0.253. The number of hydrogen-bond donors (Lipinski definition) is 1. The maximum absolute atomic E-state index is 11.3. The number of aryl methyl sites for hydroxylation is 1. The molecule has 0 aromatic heterocycles. The standard InChI is InChI=1S/C20H34O3S.Na/c1-2-3-4-5-6-7-8-9-10-11-12-13-16-19-17-14-15-18-20(19)24(21,22)23;/h14-15,17-18H,2-13,16H2,1H3,(H,21,22,23);. The zero-order chi connectivity index (χ0) is 17.7. The Morgan fingerprint density at radius 3 is 1.68 bits per heavy atom. The van der Waals surface area contributed by atoms with Crippen LogP contribution in [0.25, 0.3) is 0 Å². The van der Waals surface area contributed by atoms with Crippen LogP contribution in [0.5, 0.6) is 0 Å². The van der Waals surface area contributed by atoms with Gasteiger partial charge in [-0.1, -0.05) is 95.8 Å². The summed E-state index contributed by atoms with van der Waals surface area (Å²) in [7, 11) is -4.10. The van der Waals surface area contributed by atoms with Gasteiger partial charge < -0.3 is 0 Å². The van der Waals surface area contributed by atoms with Gasteiger partial charge in [-0.05, 0) is 24.5 Å². The van der Waals surface area contributed by atoms with Gasteiger partial charge in [-0.2, -0.15) is 8.42 Å². The molecule has 0 aliphatic rings. The Labute approximate surface area is 177 Å². The van der Waals surface area contributed by atoms with Gasteiger partial charge in [0.25, 0.3) is 10.1 Å². The first kappa shape index (κ1) is 25.1.